The second kappa shape index (κ2) is 8.99. The van der Waals surface area contributed by atoms with E-state index in [1.807, 2.05) is 24.3 Å². The SMILES string of the molecule is CC[C@H]1C[C@]2(NC(=O)CNC(=O)c3cc(Cl)ccc3Cl)CC2N1Cc1ccc(Cl)cc1. The van der Waals surface area contributed by atoms with Gasteiger partial charge in [-0.05, 0) is 55.2 Å². The molecule has 1 aliphatic carbocycles. The monoisotopic (exact) mass is 479 g/mol. The highest BCUT2D eigenvalue weighted by atomic mass is 35.5. The molecule has 1 saturated heterocycles. The lowest BCUT2D eigenvalue weighted by atomic mass is 10.1. The predicted molar refractivity (Wildman–Crippen MR) is 124 cm³/mol. The lowest BCUT2D eigenvalue weighted by Crippen LogP contribution is -2.44. The van der Waals surface area contributed by atoms with Crippen molar-refractivity contribution in [1.29, 1.82) is 0 Å². The van der Waals surface area contributed by atoms with Gasteiger partial charge in [0.2, 0.25) is 5.91 Å². The molecule has 0 aromatic heterocycles. The van der Waals surface area contributed by atoms with E-state index >= 15 is 0 Å². The molecule has 0 radical (unpaired) electrons. The van der Waals surface area contributed by atoms with Crippen molar-refractivity contribution in [2.24, 2.45) is 0 Å². The quantitative estimate of drug-likeness (QED) is 0.604. The molecule has 2 aliphatic rings. The summed E-state index contributed by atoms with van der Waals surface area (Å²) in [7, 11) is 0. The number of halogens is 3. The van der Waals surface area contributed by atoms with Crippen LogP contribution >= 0.6 is 34.8 Å². The molecule has 0 spiro atoms. The van der Waals surface area contributed by atoms with Crippen LogP contribution in [0.4, 0.5) is 0 Å². The van der Waals surface area contributed by atoms with E-state index in [4.69, 9.17) is 34.8 Å². The number of hydrogen-bond acceptors (Lipinski definition) is 3. The van der Waals surface area contributed by atoms with Gasteiger partial charge in [-0.2, -0.15) is 0 Å². The van der Waals surface area contributed by atoms with Crippen LogP contribution in [0.15, 0.2) is 42.5 Å². The molecular formula is C23H24Cl3N3O2. The Balaban J connectivity index is 1.34. The second-order valence-corrected chi connectivity index (χ2v) is 9.58. The summed E-state index contributed by atoms with van der Waals surface area (Å²) in [6, 6.07) is 13.3. The molecule has 31 heavy (non-hydrogen) atoms. The first-order valence-corrected chi connectivity index (χ1v) is 11.5. The van der Waals surface area contributed by atoms with E-state index in [0.29, 0.717) is 22.1 Å². The minimum atomic E-state index is -0.422. The van der Waals surface area contributed by atoms with Crippen LogP contribution in [0.1, 0.15) is 42.1 Å². The first-order chi connectivity index (χ1) is 14.8. The molecular weight excluding hydrogens is 457 g/mol. The first-order valence-electron chi connectivity index (χ1n) is 10.4. The molecule has 164 valence electrons. The van der Waals surface area contributed by atoms with Crippen molar-refractivity contribution in [3.63, 3.8) is 0 Å². The van der Waals surface area contributed by atoms with E-state index in [1.165, 1.54) is 11.6 Å². The number of benzene rings is 2. The Labute approximate surface area is 197 Å². The highest BCUT2D eigenvalue weighted by Gasteiger charge is 2.64. The summed E-state index contributed by atoms with van der Waals surface area (Å²) in [5.74, 6) is -0.619. The summed E-state index contributed by atoms with van der Waals surface area (Å²) in [6.07, 6.45) is 2.87. The Bertz CT molecular complexity index is 998. The van der Waals surface area contributed by atoms with Gasteiger partial charge in [0.1, 0.15) is 0 Å². The van der Waals surface area contributed by atoms with Crippen LogP contribution in [0.3, 0.4) is 0 Å². The molecule has 8 heteroatoms. The van der Waals surface area contributed by atoms with Crippen molar-refractivity contribution in [2.45, 2.75) is 50.4 Å². The lowest BCUT2D eigenvalue weighted by Gasteiger charge is -2.26. The summed E-state index contributed by atoms with van der Waals surface area (Å²) in [5, 5.41) is 7.25. The van der Waals surface area contributed by atoms with E-state index in [-0.39, 0.29) is 23.6 Å². The van der Waals surface area contributed by atoms with Gasteiger partial charge in [0.25, 0.3) is 5.91 Å². The van der Waals surface area contributed by atoms with E-state index < -0.39 is 5.91 Å². The summed E-state index contributed by atoms with van der Waals surface area (Å²) >= 11 is 18.0. The van der Waals surface area contributed by atoms with Crippen LogP contribution in [-0.4, -0.2) is 40.9 Å². The molecule has 2 aromatic rings. The lowest BCUT2D eigenvalue weighted by molar-refractivity contribution is -0.121. The molecule has 1 unspecified atom stereocenters. The Morgan fingerprint density at radius 1 is 1.06 bits per heavy atom. The highest BCUT2D eigenvalue weighted by Crippen LogP contribution is 2.53. The third kappa shape index (κ3) is 4.85. The molecule has 4 rings (SSSR count). The van der Waals surface area contributed by atoms with Crippen LogP contribution in [0.2, 0.25) is 15.1 Å². The van der Waals surface area contributed by atoms with E-state index in [1.54, 1.807) is 12.1 Å². The third-order valence-electron chi connectivity index (χ3n) is 6.23. The van der Waals surface area contributed by atoms with Crippen molar-refractivity contribution in [3.05, 3.63) is 68.7 Å². The molecule has 2 N–H and O–H groups in total. The smallest absolute Gasteiger partial charge is 0.253 e. The normalized spacial score (nSPS) is 24.5. The summed E-state index contributed by atoms with van der Waals surface area (Å²) < 4.78 is 0. The van der Waals surface area contributed by atoms with Gasteiger partial charge in [0, 0.05) is 28.7 Å². The number of rotatable bonds is 7. The topological polar surface area (TPSA) is 61.4 Å². The number of nitrogens with zero attached hydrogens (tertiary/aromatic N) is 1. The zero-order valence-electron chi connectivity index (χ0n) is 17.1. The van der Waals surface area contributed by atoms with Gasteiger partial charge in [-0.25, -0.2) is 0 Å². The first kappa shape index (κ1) is 22.4. The number of carbonyl (C=O) groups is 2. The van der Waals surface area contributed by atoms with Crippen molar-refractivity contribution >= 4 is 46.6 Å². The number of piperidine rings is 1. The van der Waals surface area contributed by atoms with Crippen molar-refractivity contribution in [1.82, 2.24) is 15.5 Å². The standard InChI is InChI=1S/C23H24Cl3N3O2/c1-2-17-10-23(11-20(23)29(17)13-14-3-5-15(24)6-4-14)28-21(30)12-27-22(31)18-9-16(25)7-8-19(18)26/h3-9,17,20H,2,10-13H2,1H3,(H,27,31)(H,28,30)/t17-,20?,23-/m0/s1. The average molecular weight is 481 g/mol. The van der Waals surface area contributed by atoms with E-state index in [9.17, 15) is 9.59 Å². The second-order valence-electron chi connectivity index (χ2n) is 8.30. The van der Waals surface area contributed by atoms with E-state index in [0.717, 1.165) is 30.8 Å². The van der Waals surface area contributed by atoms with Crippen LogP contribution in [0, 0.1) is 0 Å². The fourth-order valence-corrected chi connectivity index (χ4v) is 5.09. The fourth-order valence-electron chi connectivity index (χ4n) is 4.59. The predicted octanol–water partition coefficient (Wildman–Crippen LogP) is 4.69. The van der Waals surface area contributed by atoms with Gasteiger partial charge in [0.15, 0.2) is 0 Å². The summed E-state index contributed by atoms with van der Waals surface area (Å²) in [6.45, 7) is 2.90. The summed E-state index contributed by atoms with van der Waals surface area (Å²) in [4.78, 5) is 27.5. The molecule has 1 saturated carbocycles. The highest BCUT2D eigenvalue weighted by molar-refractivity contribution is 6.35. The maximum atomic E-state index is 12.6. The zero-order chi connectivity index (χ0) is 22.2. The van der Waals surface area contributed by atoms with Gasteiger partial charge < -0.3 is 10.6 Å². The number of fused-ring (bicyclic) bond motifs is 1. The van der Waals surface area contributed by atoms with Gasteiger partial charge in [0.05, 0.1) is 22.7 Å². The van der Waals surface area contributed by atoms with Crippen LogP contribution in [-0.2, 0) is 11.3 Å². The Morgan fingerprint density at radius 2 is 1.77 bits per heavy atom. The van der Waals surface area contributed by atoms with Crippen molar-refractivity contribution in [3.8, 4) is 0 Å². The van der Waals surface area contributed by atoms with Crippen LogP contribution < -0.4 is 10.6 Å². The number of amides is 2. The number of likely N-dealkylation sites (tertiary alicyclic amines) is 1. The molecule has 1 heterocycles. The maximum Gasteiger partial charge on any atom is 0.253 e. The number of hydrogen-bond donors (Lipinski definition) is 2. The van der Waals surface area contributed by atoms with Gasteiger partial charge in [-0.15, -0.1) is 0 Å². The number of carbonyl (C=O) groups excluding carboxylic acids is 2. The molecule has 2 fully saturated rings. The van der Waals surface area contributed by atoms with Gasteiger partial charge >= 0.3 is 0 Å². The maximum absolute atomic E-state index is 12.6. The fraction of sp³-hybridized carbons (Fsp3) is 0.391. The Kier molecular flexibility index (Phi) is 6.50. The van der Waals surface area contributed by atoms with Gasteiger partial charge in [-0.1, -0.05) is 53.9 Å². The minimum Gasteiger partial charge on any atom is -0.347 e. The molecule has 1 aliphatic heterocycles. The molecule has 2 amide bonds. The number of nitrogens with one attached hydrogen (secondary N) is 2. The Hall–Kier alpha value is -1.79. The average Bonchev–Trinajstić information content (AvgIpc) is 3.37. The minimum absolute atomic E-state index is 0.107. The summed E-state index contributed by atoms with van der Waals surface area (Å²) in [5.41, 5.74) is 1.26. The van der Waals surface area contributed by atoms with Gasteiger partial charge in [-0.3, -0.25) is 14.5 Å². The van der Waals surface area contributed by atoms with Crippen molar-refractivity contribution in [2.75, 3.05) is 6.54 Å². The molecule has 3 atom stereocenters. The van der Waals surface area contributed by atoms with E-state index in [2.05, 4.69) is 22.5 Å². The third-order valence-corrected chi connectivity index (χ3v) is 7.04. The molecule has 5 nitrogen and oxygen atoms in total. The van der Waals surface area contributed by atoms with Crippen LogP contribution in [0.25, 0.3) is 0 Å². The molecule has 2 aromatic carbocycles. The zero-order valence-corrected chi connectivity index (χ0v) is 19.4. The largest absolute Gasteiger partial charge is 0.347 e. The van der Waals surface area contributed by atoms with Crippen LogP contribution in [0.5, 0.6) is 0 Å². The van der Waals surface area contributed by atoms with Crippen molar-refractivity contribution < 1.29 is 9.59 Å². The molecule has 0 bridgehead atoms. The Morgan fingerprint density at radius 3 is 2.48 bits per heavy atom.